The minimum Gasteiger partial charge on any atom is -0.397 e. The lowest BCUT2D eigenvalue weighted by molar-refractivity contribution is 0.103. The van der Waals surface area contributed by atoms with Gasteiger partial charge in [-0.25, -0.2) is 9.97 Å². The van der Waals surface area contributed by atoms with E-state index < -0.39 is 0 Å². The molecule has 0 saturated carbocycles. The number of carbonyl (C=O) groups is 1. The lowest BCUT2D eigenvalue weighted by Gasteiger charge is -2.07. The molecule has 0 unspecified atom stereocenters. The maximum absolute atomic E-state index is 12.8. The van der Waals surface area contributed by atoms with Crippen molar-refractivity contribution in [3.05, 3.63) is 51.8 Å². The number of nitrogens with two attached hydrogens (primary N) is 2. The number of nitrogens with one attached hydrogen (secondary N) is 1. The summed E-state index contributed by atoms with van der Waals surface area (Å²) >= 11 is 2.60. The highest BCUT2D eigenvalue weighted by Gasteiger charge is 2.24. The Kier molecular flexibility index (Phi) is 4.43. The predicted molar refractivity (Wildman–Crippen MR) is 113 cm³/mol. The fourth-order valence-electron chi connectivity index (χ4n) is 2.83. The van der Waals surface area contributed by atoms with Crippen molar-refractivity contribution in [3.63, 3.8) is 0 Å². The maximum atomic E-state index is 12.8. The van der Waals surface area contributed by atoms with Crippen LogP contribution in [0.15, 0.2) is 35.8 Å². The molecule has 28 heavy (non-hydrogen) atoms. The average Bonchev–Trinajstić information content (AvgIpc) is 3.31. The number of amides is 1. The number of pyridine rings is 2. The van der Waals surface area contributed by atoms with Gasteiger partial charge in [0.25, 0.3) is 5.91 Å². The molecule has 5 N–H and O–H groups in total. The lowest BCUT2D eigenvalue weighted by Crippen LogP contribution is -2.13. The Morgan fingerprint density at radius 3 is 2.75 bits per heavy atom. The number of carbonyl (C=O) groups excluding carboxylic acids is 1. The first-order valence-electron chi connectivity index (χ1n) is 8.19. The number of nitrogens with zero attached hydrogens (tertiary/aromatic N) is 3. The molecule has 7 nitrogen and oxygen atoms in total. The third-order valence-electron chi connectivity index (χ3n) is 4.14. The molecule has 0 fully saturated rings. The number of rotatable bonds is 3. The van der Waals surface area contributed by atoms with E-state index in [9.17, 15) is 10.1 Å². The monoisotopic (exact) mass is 406 g/mol. The number of hydrogen-bond acceptors (Lipinski definition) is 8. The molecule has 0 aliphatic heterocycles. The van der Waals surface area contributed by atoms with Crippen molar-refractivity contribution >= 4 is 56.1 Å². The van der Waals surface area contributed by atoms with E-state index in [4.69, 9.17) is 11.5 Å². The van der Waals surface area contributed by atoms with Gasteiger partial charge in [0.15, 0.2) is 0 Å². The van der Waals surface area contributed by atoms with Gasteiger partial charge in [-0.1, -0.05) is 12.1 Å². The summed E-state index contributed by atoms with van der Waals surface area (Å²) in [6, 6.07) is 9.45. The molecule has 0 aliphatic carbocycles. The fourth-order valence-corrected chi connectivity index (χ4v) is 4.62. The van der Waals surface area contributed by atoms with Crippen molar-refractivity contribution in [2.75, 3.05) is 16.8 Å². The number of nitriles is 1. The molecule has 0 atom stereocenters. The highest BCUT2D eigenvalue weighted by Crippen LogP contribution is 2.43. The zero-order valence-electron chi connectivity index (χ0n) is 14.7. The van der Waals surface area contributed by atoms with E-state index in [0.29, 0.717) is 26.5 Å². The lowest BCUT2D eigenvalue weighted by atomic mass is 10.0. The van der Waals surface area contributed by atoms with Gasteiger partial charge in [0.1, 0.15) is 33.0 Å². The smallest absolute Gasteiger partial charge is 0.269 e. The van der Waals surface area contributed by atoms with E-state index in [1.54, 1.807) is 12.3 Å². The van der Waals surface area contributed by atoms with Gasteiger partial charge in [-0.2, -0.15) is 5.26 Å². The Balaban J connectivity index is 1.87. The van der Waals surface area contributed by atoms with Crippen LogP contribution in [-0.2, 0) is 0 Å². The Bertz CT molecular complexity index is 1240. The Morgan fingerprint density at radius 1 is 1.29 bits per heavy atom. The summed E-state index contributed by atoms with van der Waals surface area (Å²) in [5.41, 5.74) is 14.5. The number of aryl methyl sites for hydroxylation is 1. The molecule has 0 radical (unpaired) electrons. The van der Waals surface area contributed by atoms with Crippen LogP contribution < -0.4 is 16.8 Å². The summed E-state index contributed by atoms with van der Waals surface area (Å²) in [6.07, 6.45) is 1.67. The van der Waals surface area contributed by atoms with Gasteiger partial charge in [0, 0.05) is 22.0 Å². The van der Waals surface area contributed by atoms with Crippen molar-refractivity contribution in [3.8, 4) is 16.5 Å². The maximum Gasteiger partial charge on any atom is 0.269 e. The highest BCUT2D eigenvalue weighted by molar-refractivity contribution is 7.21. The minimum absolute atomic E-state index is 0.117. The second kappa shape index (κ2) is 6.92. The number of anilines is 3. The molecule has 4 heterocycles. The Labute approximate surface area is 168 Å². The van der Waals surface area contributed by atoms with Crippen LogP contribution in [0.2, 0.25) is 0 Å². The molecule has 0 saturated heterocycles. The molecule has 4 rings (SSSR count). The first kappa shape index (κ1) is 17.9. The van der Waals surface area contributed by atoms with Gasteiger partial charge in [-0.05, 0) is 30.0 Å². The minimum atomic E-state index is -0.383. The largest absolute Gasteiger partial charge is 0.397 e. The summed E-state index contributed by atoms with van der Waals surface area (Å²) in [6.45, 7) is 1.91. The topological polar surface area (TPSA) is 131 Å². The summed E-state index contributed by atoms with van der Waals surface area (Å²) in [4.78, 5) is 22.9. The average molecular weight is 406 g/mol. The van der Waals surface area contributed by atoms with Crippen molar-refractivity contribution < 1.29 is 4.79 Å². The third kappa shape index (κ3) is 2.94. The number of thiophene rings is 2. The standard InChI is InChI=1S/C19H14N6OS2/c1-9-4-5-12(23-8-9)24-18(26)16-15(21)14-13(11-3-2-6-27-11)10(7-20)17(22)25-19(14)28-16/h2-6,8H,21H2,1H3,(H2,22,25)(H,23,24,26). The molecular formula is C19H14N6OS2. The normalized spacial score (nSPS) is 10.7. The molecule has 0 aromatic carbocycles. The zero-order valence-corrected chi connectivity index (χ0v) is 16.3. The second-order valence-electron chi connectivity index (χ2n) is 6.04. The van der Waals surface area contributed by atoms with E-state index in [0.717, 1.165) is 21.8 Å². The summed E-state index contributed by atoms with van der Waals surface area (Å²) in [5, 5.41) is 14.8. The van der Waals surface area contributed by atoms with Crippen molar-refractivity contribution in [2.45, 2.75) is 6.92 Å². The molecule has 0 aliphatic rings. The SMILES string of the molecule is Cc1ccc(NC(=O)c2sc3nc(N)c(C#N)c(-c4cccs4)c3c2N)nc1. The number of nitrogen functional groups attached to an aromatic ring is 2. The van der Waals surface area contributed by atoms with E-state index in [-0.39, 0.29) is 23.0 Å². The molecular weight excluding hydrogens is 392 g/mol. The fraction of sp³-hybridized carbons (Fsp3) is 0.0526. The van der Waals surface area contributed by atoms with Crippen LogP contribution in [0.3, 0.4) is 0 Å². The Hall–Kier alpha value is -3.48. The molecule has 1 amide bonds. The van der Waals surface area contributed by atoms with E-state index in [2.05, 4.69) is 21.4 Å². The van der Waals surface area contributed by atoms with Crippen LogP contribution in [0, 0.1) is 18.3 Å². The second-order valence-corrected chi connectivity index (χ2v) is 7.98. The van der Waals surface area contributed by atoms with Crippen molar-refractivity contribution in [2.24, 2.45) is 0 Å². The van der Waals surface area contributed by atoms with Gasteiger partial charge >= 0.3 is 0 Å². The first-order valence-corrected chi connectivity index (χ1v) is 9.88. The van der Waals surface area contributed by atoms with E-state index in [1.807, 2.05) is 30.5 Å². The molecule has 138 valence electrons. The summed E-state index contributed by atoms with van der Waals surface area (Å²) in [7, 11) is 0. The predicted octanol–water partition coefficient (Wildman–Crippen LogP) is 4.02. The van der Waals surface area contributed by atoms with E-state index >= 15 is 0 Å². The van der Waals surface area contributed by atoms with Crippen LogP contribution in [0.4, 0.5) is 17.3 Å². The quantitative estimate of drug-likeness (QED) is 0.471. The third-order valence-corrected chi connectivity index (χ3v) is 6.13. The highest BCUT2D eigenvalue weighted by atomic mass is 32.1. The van der Waals surface area contributed by atoms with Gasteiger partial charge in [0.05, 0.1) is 5.69 Å². The molecule has 0 bridgehead atoms. The van der Waals surface area contributed by atoms with Gasteiger partial charge in [-0.15, -0.1) is 22.7 Å². The van der Waals surface area contributed by atoms with Crippen LogP contribution in [0.25, 0.3) is 20.7 Å². The number of aromatic nitrogens is 2. The summed E-state index contributed by atoms with van der Waals surface area (Å²) < 4.78 is 0. The molecule has 9 heteroatoms. The van der Waals surface area contributed by atoms with Crippen molar-refractivity contribution in [1.82, 2.24) is 9.97 Å². The molecule has 4 aromatic rings. The number of hydrogen-bond donors (Lipinski definition) is 3. The zero-order chi connectivity index (χ0) is 19.8. The number of fused-ring (bicyclic) bond motifs is 1. The van der Waals surface area contributed by atoms with Gasteiger partial charge in [-0.3, -0.25) is 4.79 Å². The van der Waals surface area contributed by atoms with Crippen LogP contribution >= 0.6 is 22.7 Å². The summed E-state index contributed by atoms with van der Waals surface area (Å²) in [5.74, 6) is 0.161. The van der Waals surface area contributed by atoms with Gasteiger partial charge in [0.2, 0.25) is 0 Å². The molecule has 0 spiro atoms. The van der Waals surface area contributed by atoms with E-state index in [1.165, 1.54) is 11.3 Å². The molecule has 4 aromatic heterocycles. The van der Waals surface area contributed by atoms with Crippen LogP contribution in [0.1, 0.15) is 20.8 Å². The van der Waals surface area contributed by atoms with Crippen LogP contribution in [-0.4, -0.2) is 15.9 Å². The van der Waals surface area contributed by atoms with Gasteiger partial charge < -0.3 is 16.8 Å². The Morgan fingerprint density at radius 2 is 2.11 bits per heavy atom. The van der Waals surface area contributed by atoms with Crippen molar-refractivity contribution in [1.29, 1.82) is 5.26 Å². The first-order chi connectivity index (χ1) is 13.5. The van der Waals surface area contributed by atoms with Crippen LogP contribution in [0.5, 0.6) is 0 Å².